The van der Waals surface area contributed by atoms with E-state index in [-0.39, 0.29) is 12.6 Å². The van der Waals surface area contributed by atoms with E-state index in [1.807, 2.05) is 12.1 Å². The van der Waals surface area contributed by atoms with E-state index >= 15 is 0 Å². The van der Waals surface area contributed by atoms with E-state index in [2.05, 4.69) is 49.4 Å². The molecule has 1 aromatic carbocycles. The Kier molecular flexibility index (Phi) is 5.40. The fraction of sp³-hybridized carbons (Fsp3) is 0.500. The first kappa shape index (κ1) is 18.0. The van der Waals surface area contributed by atoms with Crippen LogP contribution in [-0.4, -0.2) is 58.3 Å². The van der Waals surface area contributed by atoms with Gasteiger partial charge in [-0.2, -0.15) is 9.97 Å². The molecule has 0 amide bonds. The molecule has 7 heteroatoms. The average molecular weight is 368 g/mol. The molecule has 2 heterocycles. The molecule has 1 saturated heterocycles. The molecule has 1 unspecified atom stereocenters. The van der Waals surface area contributed by atoms with E-state index in [1.54, 1.807) is 0 Å². The quantitative estimate of drug-likeness (QED) is 0.685. The van der Waals surface area contributed by atoms with Crippen LogP contribution in [0.2, 0.25) is 0 Å². The number of nitrogens with zero attached hydrogens (tertiary/aromatic N) is 4. The third kappa shape index (κ3) is 4.67. The Labute approximate surface area is 160 Å². The predicted octanol–water partition coefficient (Wildman–Crippen LogP) is 1.71. The van der Waals surface area contributed by atoms with Gasteiger partial charge < -0.3 is 21.1 Å². The lowest BCUT2D eigenvalue weighted by atomic mass is 10.1. The van der Waals surface area contributed by atoms with Gasteiger partial charge in [-0.3, -0.25) is 4.90 Å². The van der Waals surface area contributed by atoms with Gasteiger partial charge in [0.1, 0.15) is 11.6 Å². The number of piperazine rings is 1. The summed E-state index contributed by atoms with van der Waals surface area (Å²) in [6, 6.07) is 13.3. The van der Waals surface area contributed by atoms with Crippen LogP contribution in [0, 0.1) is 0 Å². The lowest BCUT2D eigenvalue weighted by molar-refractivity contribution is 0.135. The molecule has 0 bridgehead atoms. The summed E-state index contributed by atoms with van der Waals surface area (Å²) < 4.78 is 0. The number of benzene rings is 1. The standard InChI is InChI=1S/C20H28N6O/c21-20-23-18(22-16-6-7-16)12-19(24-20)26-10-9-25(17(14-26)8-11-27)13-15-4-2-1-3-5-15/h1-5,12,16-17,27H,6-11,13-14H2,(H3,21,22,23,24). The molecule has 1 atom stereocenters. The minimum atomic E-state index is 0.185. The second-order valence-corrected chi connectivity index (χ2v) is 7.46. The van der Waals surface area contributed by atoms with Crippen molar-refractivity contribution in [1.29, 1.82) is 0 Å². The van der Waals surface area contributed by atoms with Gasteiger partial charge in [-0.25, -0.2) is 0 Å². The Hall–Kier alpha value is -2.38. The summed E-state index contributed by atoms with van der Waals surface area (Å²) in [6.45, 7) is 3.72. The van der Waals surface area contributed by atoms with Crippen molar-refractivity contribution < 1.29 is 5.11 Å². The number of rotatable bonds is 7. The zero-order chi connectivity index (χ0) is 18.6. The molecule has 2 aliphatic rings. The lowest BCUT2D eigenvalue weighted by Crippen LogP contribution is -2.53. The van der Waals surface area contributed by atoms with Gasteiger partial charge in [0.15, 0.2) is 0 Å². The molecule has 2 aromatic rings. The number of nitrogen functional groups attached to an aromatic ring is 1. The SMILES string of the molecule is Nc1nc(NC2CC2)cc(N2CCN(Cc3ccccc3)C(CCO)C2)n1. The maximum Gasteiger partial charge on any atom is 0.223 e. The van der Waals surface area contributed by atoms with Gasteiger partial charge in [0.05, 0.1) is 0 Å². The molecule has 1 aliphatic heterocycles. The van der Waals surface area contributed by atoms with Gasteiger partial charge in [0, 0.05) is 50.9 Å². The summed E-state index contributed by atoms with van der Waals surface area (Å²) in [5.74, 6) is 1.99. The van der Waals surface area contributed by atoms with E-state index in [1.165, 1.54) is 18.4 Å². The van der Waals surface area contributed by atoms with Gasteiger partial charge in [-0.05, 0) is 24.8 Å². The van der Waals surface area contributed by atoms with Crippen molar-refractivity contribution in [3.63, 3.8) is 0 Å². The molecule has 27 heavy (non-hydrogen) atoms. The Morgan fingerprint density at radius 3 is 2.70 bits per heavy atom. The van der Waals surface area contributed by atoms with Crippen LogP contribution in [0.1, 0.15) is 24.8 Å². The number of anilines is 3. The molecule has 4 N–H and O–H groups in total. The normalized spacial score (nSPS) is 20.6. The molecule has 0 radical (unpaired) electrons. The average Bonchev–Trinajstić information content (AvgIpc) is 3.48. The van der Waals surface area contributed by atoms with Crippen molar-refractivity contribution in [3.8, 4) is 0 Å². The maximum atomic E-state index is 9.55. The summed E-state index contributed by atoms with van der Waals surface area (Å²) in [7, 11) is 0. The summed E-state index contributed by atoms with van der Waals surface area (Å²) in [6.07, 6.45) is 3.13. The Morgan fingerprint density at radius 2 is 1.96 bits per heavy atom. The van der Waals surface area contributed by atoms with E-state index in [0.717, 1.165) is 44.2 Å². The van der Waals surface area contributed by atoms with Gasteiger partial charge in [-0.15, -0.1) is 0 Å². The zero-order valence-electron chi connectivity index (χ0n) is 15.6. The molecule has 0 spiro atoms. The van der Waals surface area contributed by atoms with Crippen LogP contribution in [0.15, 0.2) is 36.4 Å². The van der Waals surface area contributed by atoms with Crippen LogP contribution in [0.3, 0.4) is 0 Å². The number of aliphatic hydroxyl groups excluding tert-OH is 1. The summed E-state index contributed by atoms with van der Waals surface area (Å²) >= 11 is 0. The van der Waals surface area contributed by atoms with Crippen molar-refractivity contribution in [2.75, 3.05) is 42.2 Å². The molecular formula is C20H28N6O. The smallest absolute Gasteiger partial charge is 0.223 e. The second-order valence-electron chi connectivity index (χ2n) is 7.46. The van der Waals surface area contributed by atoms with E-state index in [0.29, 0.717) is 12.0 Å². The lowest BCUT2D eigenvalue weighted by Gasteiger charge is -2.42. The van der Waals surface area contributed by atoms with E-state index < -0.39 is 0 Å². The fourth-order valence-electron chi connectivity index (χ4n) is 3.68. The van der Waals surface area contributed by atoms with Crippen LogP contribution in [0.4, 0.5) is 17.6 Å². The summed E-state index contributed by atoms with van der Waals surface area (Å²) in [5.41, 5.74) is 7.25. The van der Waals surface area contributed by atoms with Crippen molar-refractivity contribution >= 4 is 17.6 Å². The van der Waals surface area contributed by atoms with Crippen molar-refractivity contribution in [2.45, 2.75) is 37.9 Å². The first-order valence-electron chi connectivity index (χ1n) is 9.76. The molecule has 4 rings (SSSR count). The monoisotopic (exact) mass is 368 g/mol. The van der Waals surface area contributed by atoms with Gasteiger partial charge in [0.25, 0.3) is 0 Å². The number of aliphatic hydroxyl groups is 1. The Morgan fingerprint density at radius 1 is 1.15 bits per heavy atom. The summed E-state index contributed by atoms with van der Waals surface area (Å²) in [5, 5.41) is 13.0. The summed E-state index contributed by atoms with van der Waals surface area (Å²) in [4.78, 5) is 13.5. The molecule has 1 aliphatic carbocycles. The van der Waals surface area contributed by atoms with Crippen molar-refractivity contribution in [2.24, 2.45) is 0 Å². The van der Waals surface area contributed by atoms with Gasteiger partial charge >= 0.3 is 0 Å². The van der Waals surface area contributed by atoms with Crippen molar-refractivity contribution in [1.82, 2.24) is 14.9 Å². The highest BCUT2D eigenvalue weighted by atomic mass is 16.3. The molecule has 7 nitrogen and oxygen atoms in total. The molecular weight excluding hydrogens is 340 g/mol. The van der Waals surface area contributed by atoms with E-state index in [9.17, 15) is 5.11 Å². The van der Waals surface area contributed by atoms with Crippen LogP contribution in [-0.2, 0) is 6.54 Å². The van der Waals surface area contributed by atoms with Crippen molar-refractivity contribution in [3.05, 3.63) is 42.0 Å². The first-order chi connectivity index (χ1) is 13.2. The Bertz CT molecular complexity index is 751. The number of hydrogen-bond acceptors (Lipinski definition) is 7. The minimum absolute atomic E-state index is 0.185. The number of hydrogen-bond donors (Lipinski definition) is 3. The molecule has 2 fully saturated rings. The van der Waals surface area contributed by atoms with E-state index in [4.69, 9.17) is 5.73 Å². The Balaban J connectivity index is 1.47. The minimum Gasteiger partial charge on any atom is -0.396 e. The van der Waals surface area contributed by atoms with Crippen LogP contribution >= 0.6 is 0 Å². The van der Waals surface area contributed by atoms with Gasteiger partial charge in [-0.1, -0.05) is 30.3 Å². The highest BCUT2D eigenvalue weighted by Crippen LogP contribution is 2.27. The zero-order valence-corrected chi connectivity index (χ0v) is 15.6. The second kappa shape index (κ2) is 8.10. The molecule has 1 aromatic heterocycles. The molecule has 1 saturated carbocycles. The van der Waals surface area contributed by atoms with Crippen LogP contribution in [0.25, 0.3) is 0 Å². The fourth-order valence-corrected chi connectivity index (χ4v) is 3.68. The van der Waals surface area contributed by atoms with Crippen LogP contribution in [0.5, 0.6) is 0 Å². The highest BCUT2D eigenvalue weighted by Gasteiger charge is 2.28. The number of aromatic nitrogens is 2. The predicted molar refractivity (Wildman–Crippen MR) is 108 cm³/mol. The third-order valence-electron chi connectivity index (χ3n) is 5.28. The molecule has 144 valence electrons. The number of nitrogens with one attached hydrogen (secondary N) is 1. The van der Waals surface area contributed by atoms with Gasteiger partial charge in [0.2, 0.25) is 5.95 Å². The maximum absolute atomic E-state index is 9.55. The van der Waals surface area contributed by atoms with Crippen LogP contribution < -0.4 is 16.0 Å². The topological polar surface area (TPSA) is 90.5 Å². The third-order valence-corrected chi connectivity index (χ3v) is 5.28. The number of nitrogens with two attached hydrogens (primary N) is 1. The largest absolute Gasteiger partial charge is 0.396 e. The highest BCUT2D eigenvalue weighted by molar-refractivity contribution is 5.53. The first-order valence-corrected chi connectivity index (χ1v) is 9.76.